The van der Waals surface area contributed by atoms with Crippen molar-refractivity contribution in [3.8, 4) is 0 Å². The van der Waals surface area contributed by atoms with Crippen molar-refractivity contribution in [3.63, 3.8) is 0 Å². The van der Waals surface area contributed by atoms with E-state index >= 15 is 0 Å². The molecule has 0 aromatic carbocycles. The molecule has 1 aromatic heterocycles. The van der Waals surface area contributed by atoms with Crippen LogP contribution in [-0.2, 0) is 6.54 Å². The van der Waals surface area contributed by atoms with Gasteiger partial charge in [0.05, 0.1) is 0 Å². The predicted octanol–water partition coefficient (Wildman–Crippen LogP) is 1.61. The van der Waals surface area contributed by atoms with E-state index in [0.29, 0.717) is 12.1 Å². The van der Waals surface area contributed by atoms with Gasteiger partial charge < -0.3 is 5.32 Å². The highest BCUT2D eigenvalue weighted by molar-refractivity contribution is 4.76. The maximum absolute atomic E-state index is 4.07. The summed E-state index contributed by atoms with van der Waals surface area (Å²) in [6.45, 7) is 9.01. The number of nitrogens with one attached hydrogen (secondary N) is 1. The first-order valence-corrected chi connectivity index (χ1v) is 5.41. The quantitative estimate of drug-likeness (QED) is 0.692. The van der Waals surface area contributed by atoms with Crippen LogP contribution in [0.15, 0.2) is 25.3 Å². The van der Waals surface area contributed by atoms with Crippen molar-refractivity contribution in [1.29, 1.82) is 0 Å². The molecule has 0 radical (unpaired) electrons. The number of aromatic nitrogens is 3. The number of nitrogens with zero attached hydrogens (tertiary/aromatic N) is 3. The molecule has 1 aromatic rings. The van der Waals surface area contributed by atoms with Crippen LogP contribution in [0.25, 0.3) is 0 Å². The van der Waals surface area contributed by atoms with Gasteiger partial charge in [0.25, 0.3) is 0 Å². The Morgan fingerprint density at radius 2 is 2.27 bits per heavy atom. The SMILES string of the molecule is C=CCC(C)NC(C)CCn1cncn1. The Morgan fingerprint density at radius 1 is 1.47 bits per heavy atom. The highest BCUT2D eigenvalue weighted by Crippen LogP contribution is 1.98. The molecule has 0 amide bonds. The minimum atomic E-state index is 0.490. The highest BCUT2D eigenvalue weighted by atomic mass is 15.3. The fourth-order valence-corrected chi connectivity index (χ4v) is 1.56. The molecule has 0 saturated heterocycles. The number of aryl methyl sites for hydroxylation is 1. The molecule has 1 N–H and O–H groups in total. The molecular weight excluding hydrogens is 188 g/mol. The van der Waals surface area contributed by atoms with E-state index in [-0.39, 0.29) is 0 Å². The van der Waals surface area contributed by atoms with Gasteiger partial charge in [0, 0.05) is 18.6 Å². The van der Waals surface area contributed by atoms with E-state index in [1.54, 1.807) is 12.7 Å². The summed E-state index contributed by atoms with van der Waals surface area (Å²) in [5.41, 5.74) is 0. The van der Waals surface area contributed by atoms with Crippen LogP contribution in [0.2, 0.25) is 0 Å². The van der Waals surface area contributed by atoms with Crippen molar-refractivity contribution in [3.05, 3.63) is 25.3 Å². The first-order chi connectivity index (χ1) is 7.22. The molecule has 0 aliphatic carbocycles. The second-order valence-corrected chi connectivity index (χ2v) is 3.94. The van der Waals surface area contributed by atoms with Gasteiger partial charge in [-0.15, -0.1) is 6.58 Å². The molecule has 2 atom stereocenters. The van der Waals surface area contributed by atoms with Crippen LogP contribution in [0, 0.1) is 0 Å². The minimum Gasteiger partial charge on any atom is -0.311 e. The third kappa shape index (κ3) is 4.74. The van der Waals surface area contributed by atoms with Crippen LogP contribution >= 0.6 is 0 Å². The van der Waals surface area contributed by atoms with Crippen LogP contribution in [0.4, 0.5) is 0 Å². The smallest absolute Gasteiger partial charge is 0.137 e. The highest BCUT2D eigenvalue weighted by Gasteiger charge is 2.05. The van der Waals surface area contributed by atoms with Gasteiger partial charge in [-0.25, -0.2) is 4.98 Å². The van der Waals surface area contributed by atoms with Crippen molar-refractivity contribution in [1.82, 2.24) is 20.1 Å². The largest absolute Gasteiger partial charge is 0.311 e. The van der Waals surface area contributed by atoms with Crippen molar-refractivity contribution in [2.24, 2.45) is 0 Å². The van der Waals surface area contributed by atoms with Crippen molar-refractivity contribution >= 4 is 0 Å². The summed E-state index contributed by atoms with van der Waals surface area (Å²) < 4.78 is 1.86. The second kappa shape index (κ2) is 6.35. The zero-order valence-corrected chi connectivity index (χ0v) is 9.56. The van der Waals surface area contributed by atoms with Crippen LogP contribution in [0.3, 0.4) is 0 Å². The van der Waals surface area contributed by atoms with Crippen molar-refractivity contribution in [2.45, 2.75) is 45.3 Å². The summed E-state index contributed by atoms with van der Waals surface area (Å²) in [7, 11) is 0. The lowest BCUT2D eigenvalue weighted by atomic mass is 10.1. The van der Waals surface area contributed by atoms with E-state index in [9.17, 15) is 0 Å². The average Bonchev–Trinajstić information content (AvgIpc) is 2.67. The molecule has 15 heavy (non-hydrogen) atoms. The summed E-state index contributed by atoms with van der Waals surface area (Å²) in [6, 6.07) is 0.984. The summed E-state index contributed by atoms with van der Waals surface area (Å²) in [5, 5.41) is 7.58. The lowest BCUT2D eigenvalue weighted by Gasteiger charge is -2.18. The molecule has 4 nitrogen and oxygen atoms in total. The van der Waals surface area contributed by atoms with E-state index in [1.165, 1.54) is 0 Å². The zero-order valence-electron chi connectivity index (χ0n) is 9.56. The lowest BCUT2D eigenvalue weighted by Crippen LogP contribution is -2.34. The van der Waals surface area contributed by atoms with Gasteiger partial charge in [0.15, 0.2) is 0 Å². The fourth-order valence-electron chi connectivity index (χ4n) is 1.56. The summed E-state index contributed by atoms with van der Waals surface area (Å²) in [4.78, 5) is 3.91. The summed E-state index contributed by atoms with van der Waals surface area (Å²) in [5.74, 6) is 0. The third-order valence-electron chi connectivity index (χ3n) is 2.35. The number of hydrogen-bond acceptors (Lipinski definition) is 3. The molecule has 0 saturated carbocycles. The Balaban J connectivity index is 2.18. The molecule has 1 heterocycles. The molecule has 0 fully saturated rings. The first-order valence-electron chi connectivity index (χ1n) is 5.41. The van der Waals surface area contributed by atoms with Gasteiger partial charge in [-0.3, -0.25) is 4.68 Å². The molecule has 0 bridgehead atoms. The lowest BCUT2D eigenvalue weighted by molar-refractivity contribution is 0.416. The van der Waals surface area contributed by atoms with Gasteiger partial charge in [-0.1, -0.05) is 6.08 Å². The Hall–Kier alpha value is -1.16. The first kappa shape index (κ1) is 11.9. The van der Waals surface area contributed by atoms with Crippen molar-refractivity contribution < 1.29 is 0 Å². The Morgan fingerprint density at radius 3 is 2.87 bits per heavy atom. The summed E-state index contributed by atoms with van der Waals surface area (Å²) in [6.07, 6.45) is 7.33. The Labute approximate surface area is 91.4 Å². The zero-order chi connectivity index (χ0) is 11.1. The Kier molecular flexibility index (Phi) is 5.04. The van der Waals surface area contributed by atoms with Gasteiger partial charge in [0.2, 0.25) is 0 Å². The van der Waals surface area contributed by atoms with Gasteiger partial charge in [-0.05, 0) is 26.7 Å². The fraction of sp³-hybridized carbons (Fsp3) is 0.636. The van der Waals surface area contributed by atoms with Crippen LogP contribution in [0.1, 0.15) is 26.7 Å². The standard InChI is InChI=1S/C11H20N4/c1-4-5-10(2)14-11(3)6-7-15-9-12-8-13-15/h4,8-11,14H,1,5-7H2,2-3H3. The van der Waals surface area contributed by atoms with Crippen molar-refractivity contribution in [2.75, 3.05) is 0 Å². The maximum atomic E-state index is 4.07. The normalized spacial score (nSPS) is 14.8. The molecule has 1 rings (SSSR count). The molecule has 0 spiro atoms. The van der Waals surface area contributed by atoms with Crippen LogP contribution in [-0.4, -0.2) is 26.8 Å². The molecule has 0 aliphatic heterocycles. The van der Waals surface area contributed by atoms with E-state index in [4.69, 9.17) is 0 Å². The summed E-state index contributed by atoms with van der Waals surface area (Å²) >= 11 is 0. The maximum Gasteiger partial charge on any atom is 0.137 e. The van der Waals surface area contributed by atoms with E-state index in [2.05, 4.69) is 35.8 Å². The minimum absolute atomic E-state index is 0.490. The molecule has 0 aliphatic rings. The van der Waals surface area contributed by atoms with E-state index in [0.717, 1.165) is 19.4 Å². The third-order valence-corrected chi connectivity index (χ3v) is 2.35. The van der Waals surface area contributed by atoms with Gasteiger partial charge in [-0.2, -0.15) is 5.10 Å². The van der Waals surface area contributed by atoms with Crippen LogP contribution in [0.5, 0.6) is 0 Å². The van der Waals surface area contributed by atoms with E-state index in [1.807, 2.05) is 10.8 Å². The molecule has 84 valence electrons. The topological polar surface area (TPSA) is 42.7 Å². The van der Waals surface area contributed by atoms with Crippen LogP contribution < -0.4 is 5.32 Å². The molecular formula is C11H20N4. The Bertz CT molecular complexity index is 268. The van der Waals surface area contributed by atoms with E-state index < -0.39 is 0 Å². The number of rotatable bonds is 7. The number of hydrogen-bond donors (Lipinski definition) is 1. The second-order valence-electron chi connectivity index (χ2n) is 3.94. The van der Waals surface area contributed by atoms with Gasteiger partial charge in [0.1, 0.15) is 12.7 Å². The predicted molar refractivity (Wildman–Crippen MR) is 61.5 cm³/mol. The molecule has 2 unspecified atom stereocenters. The monoisotopic (exact) mass is 208 g/mol. The molecule has 4 heteroatoms. The van der Waals surface area contributed by atoms with Gasteiger partial charge >= 0.3 is 0 Å². The average molecular weight is 208 g/mol.